The van der Waals surface area contributed by atoms with Crippen LogP contribution < -0.4 is 10.0 Å². The first-order valence-corrected chi connectivity index (χ1v) is 8.11. The fraction of sp³-hybridized carbons (Fsp3) is 0.692. The van der Waals surface area contributed by atoms with Crippen molar-refractivity contribution >= 4 is 10.0 Å². The number of nitrogens with one attached hydrogen (secondary N) is 3. The van der Waals surface area contributed by atoms with Crippen LogP contribution in [-0.2, 0) is 16.6 Å². The molecule has 0 aromatic carbocycles. The van der Waals surface area contributed by atoms with Crippen LogP contribution in [0.3, 0.4) is 0 Å². The molecule has 7 heteroatoms. The third-order valence-corrected chi connectivity index (χ3v) is 4.26. The predicted octanol–water partition coefficient (Wildman–Crippen LogP) is 0.600. The highest BCUT2D eigenvalue weighted by Gasteiger charge is 2.23. The van der Waals surface area contributed by atoms with Gasteiger partial charge in [-0.15, -0.1) is 0 Å². The largest absolute Gasteiger partial charge is 0.363 e. The van der Waals surface area contributed by atoms with E-state index in [2.05, 4.69) is 19.9 Å². The maximum absolute atomic E-state index is 12.2. The van der Waals surface area contributed by atoms with Crippen molar-refractivity contribution < 1.29 is 8.42 Å². The lowest BCUT2D eigenvalue weighted by Crippen LogP contribution is -2.39. The number of sulfonamides is 1. The zero-order chi connectivity index (χ0) is 15.4. The Bertz CT molecular complexity index is 520. The Morgan fingerprint density at radius 3 is 2.55 bits per heavy atom. The van der Waals surface area contributed by atoms with Gasteiger partial charge >= 0.3 is 0 Å². The lowest BCUT2D eigenvalue weighted by atomic mass is 9.93. The van der Waals surface area contributed by atoms with E-state index in [1.807, 2.05) is 35.0 Å². The van der Waals surface area contributed by atoms with Crippen molar-refractivity contribution in [2.75, 3.05) is 34.2 Å². The molecule has 0 amide bonds. The zero-order valence-electron chi connectivity index (χ0n) is 12.9. The molecular formula is C13H26N4O2S. The first-order valence-electron chi connectivity index (χ1n) is 6.62. The number of hydrogen-bond donors (Lipinski definition) is 3. The molecule has 0 aliphatic heterocycles. The van der Waals surface area contributed by atoms with Crippen LogP contribution in [0, 0.1) is 5.41 Å². The minimum Gasteiger partial charge on any atom is -0.363 e. The summed E-state index contributed by atoms with van der Waals surface area (Å²) >= 11 is 0. The number of nitrogens with zero attached hydrogens (tertiary/aromatic N) is 1. The molecule has 0 unspecified atom stereocenters. The number of H-pyrrole nitrogens is 1. The van der Waals surface area contributed by atoms with Crippen LogP contribution in [0.1, 0.15) is 19.5 Å². The fourth-order valence-electron chi connectivity index (χ4n) is 2.15. The van der Waals surface area contributed by atoms with Gasteiger partial charge in [-0.2, -0.15) is 0 Å². The van der Waals surface area contributed by atoms with E-state index in [0.29, 0.717) is 13.1 Å². The third-order valence-electron chi connectivity index (χ3n) is 2.88. The van der Waals surface area contributed by atoms with Crippen LogP contribution in [0.15, 0.2) is 17.2 Å². The molecule has 1 rings (SSSR count). The highest BCUT2D eigenvalue weighted by Crippen LogP contribution is 2.17. The van der Waals surface area contributed by atoms with Crippen molar-refractivity contribution in [2.24, 2.45) is 5.41 Å². The minimum absolute atomic E-state index is 0.124. The quantitative estimate of drug-likeness (QED) is 0.657. The molecule has 0 atom stereocenters. The lowest BCUT2D eigenvalue weighted by Gasteiger charge is -2.28. The summed E-state index contributed by atoms with van der Waals surface area (Å²) in [5.74, 6) is 0. The minimum atomic E-state index is -3.45. The van der Waals surface area contributed by atoms with Gasteiger partial charge in [0.05, 0.1) is 4.90 Å². The van der Waals surface area contributed by atoms with Gasteiger partial charge in [-0.25, -0.2) is 13.1 Å². The van der Waals surface area contributed by atoms with Gasteiger partial charge in [-0.05, 0) is 32.6 Å². The van der Waals surface area contributed by atoms with Crippen LogP contribution in [0.4, 0.5) is 0 Å². The fourth-order valence-corrected chi connectivity index (χ4v) is 3.41. The second-order valence-electron chi connectivity index (χ2n) is 6.12. The molecule has 0 saturated carbocycles. The maximum Gasteiger partial charge on any atom is 0.242 e. The zero-order valence-corrected chi connectivity index (χ0v) is 13.8. The molecule has 0 bridgehead atoms. The molecule has 1 aromatic rings. The molecule has 116 valence electrons. The Kier molecular flexibility index (Phi) is 5.76. The van der Waals surface area contributed by atoms with Gasteiger partial charge in [0.1, 0.15) is 0 Å². The molecule has 0 spiro atoms. The van der Waals surface area contributed by atoms with E-state index >= 15 is 0 Å². The first kappa shape index (κ1) is 17.2. The summed E-state index contributed by atoms with van der Waals surface area (Å²) in [4.78, 5) is 5.28. The normalized spacial score (nSPS) is 13.1. The van der Waals surface area contributed by atoms with E-state index < -0.39 is 10.0 Å². The van der Waals surface area contributed by atoms with Gasteiger partial charge in [0.2, 0.25) is 10.0 Å². The first-order chi connectivity index (χ1) is 9.16. The smallest absolute Gasteiger partial charge is 0.242 e. The van der Waals surface area contributed by atoms with Crippen LogP contribution in [-0.4, -0.2) is 52.5 Å². The van der Waals surface area contributed by atoms with Gasteiger partial charge in [0.25, 0.3) is 0 Å². The van der Waals surface area contributed by atoms with Crippen molar-refractivity contribution in [3.05, 3.63) is 18.0 Å². The van der Waals surface area contributed by atoms with Crippen molar-refractivity contribution in [3.8, 4) is 0 Å². The average Bonchev–Trinajstić information content (AvgIpc) is 2.75. The average molecular weight is 302 g/mol. The van der Waals surface area contributed by atoms with Crippen molar-refractivity contribution in [1.82, 2.24) is 19.9 Å². The Balaban J connectivity index is 2.69. The molecule has 6 nitrogen and oxygen atoms in total. The molecule has 0 aliphatic rings. The standard InChI is InChI=1S/C13H26N4O2S/c1-13(2,10-17(4)5)9-16-20(18,19)12-6-11(7-14-3)15-8-12/h6,8,14-16H,7,9-10H2,1-5H3. The highest BCUT2D eigenvalue weighted by molar-refractivity contribution is 7.89. The third kappa shape index (κ3) is 5.24. The summed E-state index contributed by atoms with van der Waals surface area (Å²) in [6.45, 7) is 5.91. The second-order valence-corrected chi connectivity index (χ2v) is 7.88. The Morgan fingerprint density at radius 1 is 1.35 bits per heavy atom. The van der Waals surface area contributed by atoms with Crippen LogP contribution in [0.5, 0.6) is 0 Å². The number of aromatic amines is 1. The summed E-state index contributed by atoms with van der Waals surface area (Å²) in [7, 11) is 2.32. The number of hydrogen-bond acceptors (Lipinski definition) is 4. The van der Waals surface area contributed by atoms with Gasteiger partial charge in [-0.3, -0.25) is 0 Å². The molecule has 3 N–H and O–H groups in total. The summed E-state index contributed by atoms with van der Waals surface area (Å²) in [6.07, 6.45) is 1.52. The SMILES string of the molecule is CNCc1cc(S(=O)(=O)NCC(C)(C)CN(C)C)c[nH]1. The molecule has 0 fully saturated rings. The van der Waals surface area contributed by atoms with E-state index in [4.69, 9.17) is 0 Å². The maximum atomic E-state index is 12.2. The summed E-state index contributed by atoms with van der Waals surface area (Å²) in [5.41, 5.74) is 0.723. The Labute approximate surface area is 122 Å². The van der Waals surface area contributed by atoms with Crippen LogP contribution in [0.2, 0.25) is 0 Å². The van der Waals surface area contributed by atoms with E-state index in [0.717, 1.165) is 12.2 Å². The molecule has 1 aromatic heterocycles. The van der Waals surface area contributed by atoms with Gasteiger partial charge in [0.15, 0.2) is 0 Å². The molecule has 0 saturated heterocycles. The van der Waals surface area contributed by atoms with Crippen molar-refractivity contribution in [1.29, 1.82) is 0 Å². The van der Waals surface area contributed by atoms with E-state index in [9.17, 15) is 8.42 Å². The van der Waals surface area contributed by atoms with Crippen molar-refractivity contribution in [3.63, 3.8) is 0 Å². The van der Waals surface area contributed by atoms with Gasteiger partial charge in [0, 0.05) is 31.5 Å². The van der Waals surface area contributed by atoms with Crippen molar-refractivity contribution in [2.45, 2.75) is 25.3 Å². The molecule has 0 radical (unpaired) electrons. The van der Waals surface area contributed by atoms with Crippen LogP contribution >= 0.6 is 0 Å². The molecule has 0 aliphatic carbocycles. The van der Waals surface area contributed by atoms with Crippen LogP contribution in [0.25, 0.3) is 0 Å². The summed E-state index contributed by atoms with van der Waals surface area (Å²) in [5, 5.41) is 2.97. The Hall–Kier alpha value is -0.890. The van der Waals surface area contributed by atoms with E-state index in [-0.39, 0.29) is 10.3 Å². The second kappa shape index (κ2) is 6.71. The Morgan fingerprint density at radius 2 is 2.00 bits per heavy atom. The van der Waals surface area contributed by atoms with Gasteiger partial charge < -0.3 is 15.2 Å². The van der Waals surface area contributed by atoms with E-state index in [1.54, 1.807) is 6.07 Å². The molecule has 20 heavy (non-hydrogen) atoms. The monoisotopic (exact) mass is 302 g/mol. The molecule has 1 heterocycles. The molecular weight excluding hydrogens is 276 g/mol. The lowest BCUT2D eigenvalue weighted by molar-refractivity contribution is 0.242. The number of aromatic nitrogens is 1. The summed E-state index contributed by atoms with van der Waals surface area (Å²) in [6, 6.07) is 1.65. The number of rotatable bonds is 8. The predicted molar refractivity (Wildman–Crippen MR) is 81.1 cm³/mol. The van der Waals surface area contributed by atoms with Gasteiger partial charge in [-0.1, -0.05) is 13.8 Å². The topological polar surface area (TPSA) is 77.2 Å². The van der Waals surface area contributed by atoms with E-state index in [1.165, 1.54) is 6.20 Å². The summed E-state index contributed by atoms with van der Waals surface area (Å²) < 4.78 is 27.1. The highest BCUT2D eigenvalue weighted by atomic mass is 32.2.